The Bertz CT molecular complexity index is 529. The molecule has 21 heavy (non-hydrogen) atoms. The molecule has 1 aromatic rings. The molecule has 0 bridgehead atoms. The predicted molar refractivity (Wildman–Crippen MR) is 82.4 cm³/mol. The van der Waals surface area contributed by atoms with Crippen molar-refractivity contribution in [1.82, 2.24) is 14.6 Å². The second-order valence-electron chi connectivity index (χ2n) is 4.43. The summed E-state index contributed by atoms with van der Waals surface area (Å²) in [7, 11) is -2.09. The van der Waals surface area contributed by atoms with E-state index in [1.807, 2.05) is 6.92 Å². The van der Waals surface area contributed by atoms with Crippen molar-refractivity contribution in [2.45, 2.75) is 18.5 Å². The molecule has 0 aliphatic heterocycles. The molecular formula is C14H23N3O3S. The van der Waals surface area contributed by atoms with Gasteiger partial charge in [0, 0.05) is 32.9 Å². The molecule has 0 saturated carbocycles. The minimum atomic E-state index is -3.62. The van der Waals surface area contributed by atoms with Crippen molar-refractivity contribution in [2.75, 3.05) is 33.4 Å². The summed E-state index contributed by atoms with van der Waals surface area (Å²) in [6.45, 7) is 7.94. The minimum Gasteiger partial charge on any atom is -0.383 e. The van der Waals surface area contributed by atoms with Gasteiger partial charge in [0.15, 0.2) is 5.03 Å². The maximum Gasteiger partial charge on any atom is 0.260 e. The maximum absolute atomic E-state index is 12.5. The van der Waals surface area contributed by atoms with Crippen molar-refractivity contribution in [3.63, 3.8) is 0 Å². The number of sulfonamides is 1. The Kier molecular flexibility index (Phi) is 7.52. The molecule has 0 radical (unpaired) electrons. The van der Waals surface area contributed by atoms with Gasteiger partial charge in [-0.15, -0.1) is 6.58 Å². The van der Waals surface area contributed by atoms with Crippen LogP contribution in [-0.4, -0.2) is 51.1 Å². The first-order chi connectivity index (χ1) is 10.1. The molecule has 0 amide bonds. The van der Waals surface area contributed by atoms with E-state index in [0.29, 0.717) is 13.2 Å². The fourth-order valence-corrected chi connectivity index (χ4v) is 3.02. The van der Waals surface area contributed by atoms with E-state index in [1.54, 1.807) is 18.3 Å². The minimum absolute atomic E-state index is 0.0423. The summed E-state index contributed by atoms with van der Waals surface area (Å²) in [5.41, 5.74) is 0.947. The van der Waals surface area contributed by atoms with E-state index < -0.39 is 10.0 Å². The summed E-state index contributed by atoms with van der Waals surface area (Å²) in [5, 5.41) is 3.21. The molecule has 0 aliphatic carbocycles. The fraction of sp³-hybridized carbons (Fsp3) is 0.500. The lowest BCUT2D eigenvalue weighted by atomic mass is 10.3. The first-order valence-corrected chi connectivity index (χ1v) is 8.25. The third-order valence-electron chi connectivity index (χ3n) is 2.86. The molecular weight excluding hydrogens is 290 g/mol. The SMILES string of the molecule is C=CCN(CCOC)S(=O)(=O)c1ccc(CNCC)cn1. The van der Waals surface area contributed by atoms with Crippen molar-refractivity contribution in [3.8, 4) is 0 Å². The van der Waals surface area contributed by atoms with E-state index in [4.69, 9.17) is 4.74 Å². The Morgan fingerprint density at radius 3 is 2.76 bits per heavy atom. The second kappa shape index (κ2) is 8.89. The number of rotatable bonds is 10. The van der Waals surface area contributed by atoms with Gasteiger partial charge < -0.3 is 10.1 Å². The first-order valence-electron chi connectivity index (χ1n) is 6.81. The molecule has 0 spiro atoms. The number of ether oxygens (including phenoxy) is 1. The van der Waals surface area contributed by atoms with Gasteiger partial charge >= 0.3 is 0 Å². The Labute approximate surface area is 126 Å². The zero-order valence-corrected chi connectivity index (χ0v) is 13.4. The van der Waals surface area contributed by atoms with Gasteiger partial charge in [-0.1, -0.05) is 19.1 Å². The lowest BCUT2D eigenvalue weighted by molar-refractivity contribution is 0.182. The normalized spacial score (nSPS) is 11.8. The summed E-state index contributed by atoms with van der Waals surface area (Å²) in [5.74, 6) is 0. The van der Waals surface area contributed by atoms with Crippen LogP contribution in [0.1, 0.15) is 12.5 Å². The average molecular weight is 313 g/mol. The lowest BCUT2D eigenvalue weighted by Gasteiger charge is -2.19. The molecule has 0 unspecified atom stereocenters. The van der Waals surface area contributed by atoms with Crippen LogP contribution in [0, 0.1) is 0 Å². The number of aromatic nitrogens is 1. The summed E-state index contributed by atoms with van der Waals surface area (Å²) >= 11 is 0. The van der Waals surface area contributed by atoms with Crippen molar-refractivity contribution in [2.24, 2.45) is 0 Å². The number of nitrogens with zero attached hydrogens (tertiary/aromatic N) is 2. The Morgan fingerprint density at radius 2 is 2.24 bits per heavy atom. The highest BCUT2D eigenvalue weighted by molar-refractivity contribution is 7.89. The molecule has 1 rings (SSSR count). The van der Waals surface area contributed by atoms with Crippen LogP contribution in [0.3, 0.4) is 0 Å². The average Bonchev–Trinajstić information content (AvgIpc) is 2.49. The standard InChI is InChI=1S/C14H23N3O3S/c1-4-8-17(9-10-20-3)21(18,19)14-7-6-13(12-16-14)11-15-5-2/h4,6-7,12,15H,1,5,8-11H2,2-3H3. The van der Waals surface area contributed by atoms with Gasteiger partial charge in [0.1, 0.15) is 0 Å². The molecule has 0 fully saturated rings. The summed E-state index contributed by atoms with van der Waals surface area (Å²) < 4.78 is 31.2. The Balaban J connectivity index is 2.90. The van der Waals surface area contributed by atoms with Crippen molar-refractivity contribution >= 4 is 10.0 Å². The van der Waals surface area contributed by atoms with Gasteiger partial charge in [0.05, 0.1) is 6.61 Å². The highest BCUT2D eigenvalue weighted by Gasteiger charge is 2.24. The summed E-state index contributed by atoms with van der Waals surface area (Å²) in [6.07, 6.45) is 3.13. The lowest BCUT2D eigenvalue weighted by Crippen LogP contribution is -2.34. The van der Waals surface area contributed by atoms with Crippen LogP contribution in [0.2, 0.25) is 0 Å². The summed E-state index contributed by atoms with van der Waals surface area (Å²) in [6, 6.07) is 3.30. The van der Waals surface area contributed by atoms with Crippen molar-refractivity contribution in [1.29, 1.82) is 0 Å². The molecule has 0 aliphatic rings. The monoisotopic (exact) mass is 313 g/mol. The van der Waals surface area contributed by atoms with Crippen LogP contribution < -0.4 is 5.32 Å². The highest BCUT2D eigenvalue weighted by atomic mass is 32.2. The van der Waals surface area contributed by atoms with Crippen molar-refractivity contribution in [3.05, 3.63) is 36.5 Å². The van der Waals surface area contributed by atoms with E-state index in [-0.39, 0.29) is 18.1 Å². The molecule has 0 saturated heterocycles. The van der Waals surface area contributed by atoms with Gasteiger partial charge in [-0.05, 0) is 18.2 Å². The van der Waals surface area contributed by atoms with Crippen molar-refractivity contribution < 1.29 is 13.2 Å². The van der Waals surface area contributed by atoms with Crippen LogP contribution in [0.15, 0.2) is 36.0 Å². The van der Waals surface area contributed by atoms with Gasteiger partial charge in [-0.25, -0.2) is 13.4 Å². The molecule has 6 nitrogen and oxygen atoms in total. The van der Waals surface area contributed by atoms with Crippen LogP contribution in [0.5, 0.6) is 0 Å². The fourth-order valence-electron chi connectivity index (χ4n) is 1.72. The van der Waals surface area contributed by atoms with Crippen LogP contribution in [-0.2, 0) is 21.3 Å². The predicted octanol–water partition coefficient (Wildman–Crippen LogP) is 1.01. The van der Waals surface area contributed by atoms with E-state index >= 15 is 0 Å². The van der Waals surface area contributed by atoms with Crippen LogP contribution in [0.25, 0.3) is 0 Å². The third-order valence-corrected chi connectivity index (χ3v) is 4.64. The molecule has 118 valence electrons. The molecule has 7 heteroatoms. The Morgan fingerprint density at radius 1 is 1.48 bits per heavy atom. The van der Waals surface area contributed by atoms with Crippen LogP contribution in [0.4, 0.5) is 0 Å². The number of hydrogen-bond donors (Lipinski definition) is 1. The van der Waals surface area contributed by atoms with E-state index in [9.17, 15) is 8.42 Å². The molecule has 1 heterocycles. The van der Waals surface area contributed by atoms with Gasteiger partial charge in [-0.2, -0.15) is 4.31 Å². The molecule has 1 aromatic heterocycles. The van der Waals surface area contributed by atoms with Gasteiger partial charge in [0.25, 0.3) is 10.0 Å². The molecule has 1 N–H and O–H groups in total. The number of pyridine rings is 1. The topological polar surface area (TPSA) is 71.5 Å². The zero-order valence-electron chi connectivity index (χ0n) is 12.6. The Hall–Kier alpha value is -1.28. The number of methoxy groups -OCH3 is 1. The largest absolute Gasteiger partial charge is 0.383 e. The van der Waals surface area contributed by atoms with Gasteiger partial charge in [-0.3, -0.25) is 0 Å². The third kappa shape index (κ3) is 5.20. The van der Waals surface area contributed by atoms with Crippen LogP contribution >= 0.6 is 0 Å². The highest BCUT2D eigenvalue weighted by Crippen LogP contribution is 2.13. The smallest absolute Gasteiger partial charge is 0.260 e. The van der Waals surface area contributed by atoms with Gasteiger partial charge in [0.2, 0.25) is 0 Å². The number of hydrogen-bond acceptors (Lipinski definition) is 5. The maximum atomic E-state index is 12.5. The first kappa shape index (κ1) is 17.8. The van der Waals surface area contributed by atoms with E-state index in [1.165, 1.54) is 17.5 Å². The molecule has 0 aromatic carbocycles. The van der Waals surface area contributed by atoms with E-state index in [2.05, 4.69) is 16.9 Å². The molecule has 0 atom stereocenters. The zero-order chi connectivity index (χ0) is 15.7. The van der Waals surface area contributed by atoms with E-state index in [0.717, 1.165) is 12.1 Å². The number of nitrogens with one attached hydrogen (secondary N) is 1. The second-order valence-corrected chi connectivity index (χ2v) is 6.31. The summed E-state index contributed by atoms with van der Waals surface area (Å²) in [4.78, 5) is 4.07. The quantitative estimate of drug-likeness (QED) is 0.653.